The first-order chi connectivity index (χ1) is 18.1. The number of alkyl halides is 3. The summed E-state index contributed by atoms with van der Waals surface area (Å²) < 4.78 is 42.6. The van der Waals surface area contributed by atoms with Crippen LogP contribution < -0.4 is 10.2 Å². The summed E-state index contributed by atoms with van der Waals surface area (Å²) >= 11 is 1.50. The molecule has 1 fully saturated rings. The number of amides is 1. The Kier molecular flexibility index (Phi) is 6.93. The number of nitrogens with one attached hydrogen (secondary N) is 1. The molecule has 0 radical (unpaired) electrons. The van der Waals surface area contributed by atoms with Crippen molar-refractivity contribution in [2.45, 2.75) is 20.0 Å². The van der Waals surface area contributed by atoms with Gasteiger partial charge in [-0.1, -0.05) is 11.3 Å². The number of nitrogens with zero attached hydrogens (tertiary/aromatic N) is 6. The van der Waals surface area contributed by atoms with E-state index >= 15 is 0 Å². The van der Waals surface area contributed by atoms with Gasteiger partial charge in [0.25, 0.3) is 5.91 Å². The second-order valence-electron chi connectivity index (χ2n) is 9.30. The molecule has 1 aliphatic heterocycles. The number of piperazine rings is 1. The molecule has 5 rings (SSSR count). The van der Waals surface area contributed by atoms with Gasteiger partial charge in [-0.15, -0.1) is 16.4 Å². The Bertz CT molecular complexity index is 1470. The van der Waals surface area contributed by atoms with Crippen LogP contribution in [0.2, 0.25) is 0 Å². The lowest BCUT2D eigenvalue weighted by molar-refractivity contribution is -0.137. The highest BCUT2D eigenvalue weighted by Crippen LogP contribution is 2.35. The first kappa shape index (κ1) is 25.9. The number of benzene rings is 2. The number of hydrogen-bond donors (Lipinski definition) is 1. The van der Waals surface area contributed by atoms with Gasteiger partial charge in [0.15, 0.2) is 0 Å². The van der Waals surface area contributed by atoms with Gasteiger partial charge >= 0.3 is 6.18 Å². The van der Waals surface area contributed by atoms with E-state index in [4.69, 9.17) is 0 Å². The molecular formula is C26H26F3N7OS. The standard InChI is InChI=1S/C26H26F3N7OS/c1-16-4-5-18(10-23(16)36-15-22(32-33-36)24-14-30-17(2)38-24)25(37)31-20-11-19(26(27,28)29)12-21(13-20)35-8-6-34(3)7-9-35/h4-5,10-15H,6-9H2,1-3H3,(H,31,37). The van der Waals surface area contributed by atoms with Gasteiger partial charge in [-0.25, -0.2) is 9.67 Å². The van der Waals surface area contributed by atoms with Crippen molar-refractivity contribution in [2.75, 3.05) is 43.4 Å². The summed E-state index contributed by atoms with van der Waals surface area (Å²) in [5.41, 5.74) is 2.16. The van der Waals surface area contributed by atoms with Crippen molar-refractivity contribution in [1.29, 1.82) is 0 Å². The van der Waals surface area contributed by atoms with Crippen LogP contribution in [0.5, 0.6) is 0 Å². The molecule has 0 spiro atoms. The number of halogens is 3. The monoisotopic (exact) mass is 541 g/mol. The Morgan fingerprint density at radius 1 is 1.05 bits per heavy atom. The fourth-order valence-corrected chi connectivity index (χ4v) is 5.00. The van der Waals surface area contributed by atoms with Gasteiger partial charge in [0.05, 0.1) is 27.3 Å². The predicted molar refractivity (Wildman–Crippen MR) is 141 cm³/mol. The maximum atomic E-state index is 13.7. The molecule has 0 bridgehead atoms. The van der Waals surface area contributed by atoms with Gasteiger partial charge in [0, 0.05) is 49.3 Å². The zero-order valence-electron chi connectivity index (χ0n) is 21.1. The second-order valence-corrected chi connectivity index (χ2v) is 10.5. The van der Waals surface area contributed by atoms with Crippen LogP contribution in [0.4, 0.5) is 24.5 Å². The zero-order valence-corrected chi connectivity index (χ0v) is 21.9. The Morgan fingerprint density at radius 3 is 2.50 bits per heavy atom. The van der Waals surface area contributed by atoms with Crippen molar-refractivity contribution < 1.29 is 18.0 Å². The Balaban J connectivity index is 1.41. The molecule has 0 aliphatic carbocycles. The zero-order chi connectivity index (χ0) is 27.0. The third-order valence-electron chi connectivity index (χ3n) is 6.46. The molecule has 2 aromatic carbocycles. The molecule has 1 N–H and O–H groups in total. The highest BCUT2D eigenvalue weighted by atomic mass is 32.1. The van der Waals surface area contributed by atoms with Crippen LogP contribution in [0.15, 0.2) is 48.8 Å². The second kappa shape index (κ2) is 10.2. The largest absolute Gasteiger partial charge is 0.416 e. The molecule has 1 amide bonds. The summed E-state index contributed by atoms with van der Waals surface area (Å²) in [6.07, 6.45) is -1.05. The first-order valence-corrected chi connectivity index (χ1v) is 12.8. The minimum atomic E-state index is -4.54. The van der Waals surface area contributed by atoms with Gasteiger partial charge in [0.1, 0.15) is 5.69 Å². The molecule has 38 heavy (non-hydrogen) atoms. The minimum absolute atomic E-state index is 0.0875. The lowest BCUT2D eigenvalue weighted by Gasteiger charge is -2.34. The van der Waals surface area contributed by atoms with Crippen LogP contribution in [0.25, 0.3) is 16.3 Å². The van der Waals surface area contributed by atoms with Crippen molar-refractivity contribution in [3.8, 4) is 16.3 Å². The van der Waals surface area contributed by atoms with Crippen molar-refractivity contribution in [1.82, 2.24) is 24.9 Å². The number of likely N-dealkylation sites (N-methyl/N-ethyl adjacent to an activating group) is 1. The fourth-order valence-electron chi connectivity index (χ4n) is 4.27. The van der Waals surface area contributed by atoms with Gasteiger partial charge in [-0.2, -0.15) is 13.2 Å². The van der Waals surface area contributed by atoms with Crippen molar-refractivity contribution >= 4 is 28.6 Å². The summed E-state index contributed by atoms with van der Waals surface area (Å²) in [6, 6.07) is 8.74. The maximum absolute atomic E-state index is 13.7. The summed E-state index contributed by atoms with van der Waals surface area (Å²) in [7, 11) is 1.98. The van der Waals surface area contributed by atoms with Crippen LogP contribution in [0.1, 0.15) is 26.5 Å². The summed E-state index contributed by atoms with van der Waals surface area (Å²) in [5.74, 6) is -0.520. The molecule has 4 aromatic rings. The SMILES string of the molecule is Cc1ncc(-c2cn(-c3cc(C(=O)Nc4cc(N5CCN(C)CC5)cc(C(F)(F)F)c4)ccc3C)nn2)s1. The molecule has 8 nitrogen and oxygen atoms in total. The first-order valence-electron chi connectivity index (χ1n) is 12.0. The van der Waals surface area contributed by atoms with Crippen molar-refractivity contribution in [3.05, 3.63) is 70.5 Å². The molecule has 1 saturated heterocycles. The smallest absolute Gasteiger partial charge is 0.369 e. The number of anilines is 2. The lowest BCUT2D eigenvalue weighted by Crippen LogP contribution is -2.44. The van der Waals surface area contributed by atoms with Crippen LogP contribution in [0.3, 0.4) is 0 Å². The van der Waals surface area contributed by atoms with E-state index in [1.165, 1.54) is 11.3 Å². The Hall–Kier alpha value is -3.77. The summed E-state index contributed by atoms with van der Waals surface area (Å²) in [6.45, 7) is 6.49. The van der Waals surface area contributed by atoms with Crippen LogP contribution >= 0.6 is 11.3 Å². The van der Waals surface area contributed by atoms with Crippen molar-refractivity contribution in [2.24, 2.45) is 0 Å². The predicted octanol–water partition coefficient (Wildman–Crippen LogP) is 5.03. The third kappa shape index (κ3) is 5.55. The average Bonchev–Trinajstić information content (AvgIpc) is 3.53. The number of thiazole rings is 1. The molecular weight excluding hydrogens is 515 g/mol. The van der Waals surface area contributed by atoms with E-state index in [0.717, 1.165) is 40.7 Å². The molecule has 3 heterocycles. The van der Waals surface area contributed by atoms with Gasteiger partial charge in [0.2, 0.25) is 0 Å². The molecule has 198 valence electrons. The minimum Gasteiger partial charge on any atom is -0.369 e. The van der Waals surface area contributed by atoms with Gasteiger partial charge < -0.3 is 15.1 Å². The highest BCUT2D eigenvalue weighted by Gasteiger charge is 2.32. The van der Waals surface area contributed by atoms with Gasteiger partial charge in [-0.05, 0) is 56.8 Å². The van der Waals surface area contributed by atoms with E-state index in [1.807, 2.05) is 25.8 Å². The summed E-state index contributed by atoms with van der Waals surface area (Å²) in [4.78, 5) is 22.3. The van der Waals surface area contributed by atoms with Crippen LogP contribution in [-0.4, -0.2) is 64.0 Å². The Morgan fingerprint density at radius 2 is 1.82 bits per heavy atom. The summed E-state index contributed by atoms with van der Waals surface area (Å²) in [5, 5.41) is 12.0. The maximum Gasteiger partial charge on any atom is 0.416 e. The topological polar surface area (TPSA) is 79.2 Å². The van der Waals surface area contributed by atoms with E-state index in [2.05, 4.69) is 25.5 Å². The molecule has 0 atom stereocenters. The Labute approximate surface area is 221 Å². The molecule has 12 heteroatoms. The van der Waals surface area contributed by atoms with Crippen LogP contribution in [0, 0.1) is 13.8 Å². The number of hydrogen-bond acceptors (Lipinski definition) is 7. The highest BCUT2D eigenvalue weighted by molar-refractivity contribution is 7.15. The molecule has 2 aromatic heterocycles. The normalized spacial score (nSPS) is 14.6. The van der Waals surface area contributed by atoms with E-state index in [9.17, 15) is 18.0 Å². The number of carbonyl (C=O) groups is 1. The lowest BCUT2D eigenvalue weighted by atomic mass is 10.1. The number of aromatic nitrogens is 4. The van der Waals surface area contributed by atoms with Crippen LogP contribution in [-0.2, 0) is 6.18 Å². The molecule has 0 saturated carbocycles. The fraction of sp³-hybridized carbons (Fsp3) is 0.308. The van der Waals surface area contributed by atoms with E-state index in [1.54, 1.807) is 41.3 Å². The quantitative estimate of drug-likeness (QED) is 0.382. The van der Waals surface area contributed by atoms with Crippen molar-refractivity contribution in [3.63, 3.8) is 0 Å². The number of carbonyl (C=O) groups excluding carboxylic acids is 1. The third-order valence-corrected chi connectivity index (χ3v) is 7.39. The van der Waals surface area contributed by atoms with E-state index in [-0.39, 0.29) is 11.3 Å². The van der Waals surface area contributed by atoms with E-state index < -0.39 is 17.6 Å². The molecule has 1 aliphatic rings. The van der Waals surface area contributed by atoms with E-state index in [0.29, 0.717) is 30.2 Å². The molecule has 0 unspecified atom stereocenters. The van der Waals surface area contributed by atoms with Gasteiger partial charge in [-0.3, -0.25) is 4.79 Å². The average molecular weight is 542 g/mol. The number of rotatable bonds is 5. The number of aryl methyl sites for hydroxylation is 2.